The summed E-state index contributed by atoms with van der Waals surface area (Å²) < 4.78 is 224. The summed E-state index contributed by atoms with van der Waals surface area (Å²) in [6, 6.07) is 0. The summed E-state index contributed by atoms with van der Waals surface area (Å²) in [5.74, 6) is -55.8. The Balaban J connectivity index is 5.75. The van der Waals surface area contributed by atoms with Gasteiger partial charge < -0.3 is 0 Å². The number of unbranched alkanes of at least 4 members (excludes halogenated alkanes) is 7. The van der Waals surface area contributed by atoms with E-state index in [1.807, 2.05) is 6.92 Å². The van der Waals surface area contributed by atoms with E-state index < -0.39 is 58.0 Å². The van der Waals surface area contributed by atoms with E-state index in [1.165, 1.54) is 0 Å². The van der Waals surface area contributed by atoms with E-state index in [0.29, 0.717) is 12.8 Å². The number of rotatable bonds is 17. The molecule has 0 aliphatic carbocycles. The minimum atomic E-state index is -8.58. The predicted molar refractivity (Wildman–Crippen MR) is 110 cm³/mol. The molecule has 230 valence electrons. The van der Waals surface area contributed by atoms with Crippen molar-refractivity contribution in [1.82, 2.24) is 0 Å². The van der Waals surface area contributed by atoms with Crippen LogP contribution in [0.5, 0.6) is 0 Å². The van der Waals surface area contributed by atoms with Crippen LogP contribution in [0.25, 0.3) is 0 Å². The van der Waals surface area contributed by atoms with Crippen molar-refractivity contribution in [2.45, 2.75) is 123 Å². The van der Waals surface area contributed by atoms with E-state index in [1.54, 1.807) is 0 Å². The van der Waals surface area contributed by atoms with Crippen LogP contribution in [0, 0.1) is 0 Å². The fourth-order valence-corrected chi connectivity index (χ4v) is 4.20. The Morgan fingerprint density at radius 1 is 0.447 bits per heavy atom. The van der Waals surface area contributed by atoms with Crippen molar-refractivity contribution in [1.29, 1.82) is 0 Å². The first-order valence-corrected chi connectivity index (χ1v) is 12.3. The summed E-state index contributed by atoms with van der Waals surface area (Å²) in [7, 11) is 0. The lowest BCUT2D eigenvalue weighted by atomic mass is 9.87. The molecule has 0 aliphatic rings. The molecule has 0 aromatic rings. The van der Waals surface area contributed by atoms with Crippen LogP contribution in [0.4, 0.5) is 74.6 Å². The van der Waals surface area contributed by atoms with Crippen molar-refractivity contribution >= 4 is 22.6 Å². The molecular weight excluding hydrogens is 690 g/mol. The molecule has 18 heteroatoms. The molecular formula is C20H24F17I. The van der Waals surface area contributed by atoms with Crippen molar-refractivity contribution in [3.63, 3.8) is 0 Å². The Morgan fingerprint density at radius 3 is 1.13 bits per heavy atom. The minimum Gasteiger partial charge on any atom is -0.200 e. The molecule has 0 aliphatic heterocycles. The largest absolute Gasteiger partial charge is 0.460 e. The molecule has 0 saturated heterocycles. The highest BCUT2D eigenvalue weighted by atomic mass is 127. The molecule has 0 aromatic carbocycles. The summed E-state index contributed by atoms with van der Waals surface area (Å²) in [5, 5.41) is 0. The van der Waals surface area contributed by atoms with Gasteiger partial charge >= 0.3 is 47.6 Å². The van der Waals surface area contributed by atoms with Gasteiger partial charge in [0.1, 0.15) is 0 Å². The number of alkyl halides is 18. The lowest BCUT2D eigenvalue weighted by molar-refractivity contribution is -0.461. The third-order valence-electron chi connectivity index (χ3n) is 5.64. The Morgan fingerprint density at radius 2 is 0.763 bits per heavy atom. The second kappa shape index (κ2) is 12.6. The van der Waals surface area contributed by atoms with E-state index in [-0.39, 0.29) is 12.8 Å². The third-order valence-corrected chi connectivity index (χ3v) is 6.70. The second-order valence-electron chi connectivity index (χ2n) is 8.71. The highest BCUT2D eigenvalue weighted by Gasteiger charge is 2.95. The van der Waals surface area contributed by atoms with Crippen molar-refractivity contribution in [3.8, 4) is 0 Å². The van der Waals surface area contributed by atoms with E-state index in [4.69, 9.17) is 0 Å². The van der Waals surface area contributed by atoms with E-state index in [9.17, 15) is 74.6 Å². The maximum atomic E-state index is 14.0. The molecule has 0 rings (SSSR count). The third kappa shape index (κ3) is 7.05. The number of hydrogen-bond acceptors (Lipinski definition) is 0. The van der Waals surface area contributed by atoms with Crippen LogP contribution in [-0.4, -0.2) is 51.6 Å². The molecule has 0 N–H and O–H groups in total. The molecule has 0 saturated carbocycles. The van der Waals surface area contributed by atoms with Crippen LogP contribution < -0.4 is 0 Å². The minimum absolute atomic E-state index is 0.0758. The maximum Gasteiger partial charge on any atom is 0.460 e. The molecule has 0 heterocycles. The lowest BCUT2D eigenvalue weighted by Crippen LogP contribution is -2.74. The highest BCUT2D eigenvalue weighted by Crippen LogP contribution is 2.64. The first-order valence-electron chi connectivity index (χ1n) is 11.1. The molecule has 0 aromatic heterocycles. The second-order valence-corrected chi connectivity index (χ2v) is 10.5. The average molecular weight is 714 g/mol. The van der Waals surface area contributed by atoms with Crippen molar-refractivity contribution in [2.75, 3.05) is 0 Å². The molecule has 0 bridgehead atoms. The highest BCUT2D eigenvalue weighted by molar-refractivity contribution is 14.1. The zero-order valence-electron chi connectivity index (χ0n) is 19.5. The number of hydrogen-bond donors (Lipinski definition) is 0. The monoisotopic (exact) mass is 714 g/mol. The first-order chi connectivity index (χ1) is 16.7. The maximum absolute atomic E-state index is 14.0. The summed E-state index contributed by atoms with van der Waals surface area (Å²) in [6.45, 7) is 1.96. The van der Waals surface area contributed by atoms with Gasteiger partial charge in [0.25, 0.3) is 0 Å². The van der Waals surface area contributed by atoms with Gasteiger partial charge in [-0.15, -0.1) is 0 Å². The van der Waals surface area contributed by atoms with Crippen molar-refractivity contribution < 1.29 is 74.6 Å². The van der Waals surface area contributed by atoms with Crippen molar-refractivity contribution in [3.05, 3.63) is 0 Å². The molecule has 1 unspecified atom stereocenters. The number of halogens is 18. The summed E-state index contributed by atoms with van der Waals surface area (Å²) >= 11 is 1.05. The van der Waals surface area contributed by atoms with E-state index in [2.05, 4.69) is 0 Å². The Hall–Kier alpha value is -0.460. The molecule has 1 atom stereocenters. The van der Waals surface area contributed by atoms with Gasteiger partial charge in [-0.25, -0.2) is 0 Å². The standard InChI is InChI=1S/C20H24F17I/c1-2-3-4-5-6-7-8-9-10-12(38)11-13(21,22)14(23,24)15(25,26)16(27,28)17(29,30)18(31,32)19(33,34)20(35,36)37/h12H,2-11H2,1H3. The zero-order chi connectivity index (χ0) is 30.6. The molecule has 0 spiro atoms. The Kier molecular flexibility index (Phi) is 12.4. The fraction of sp³-hybridized carbons (Fsp3) is 1.00. The van der Waals surface area contributed by atoms with Crippen LogP contribution in [0.3, 0.4) is 0 Å². The van der Waals surface area contributed by atoms with Gasteiger partial charge in [0.2, 0.25) is 0 Å². The molecule has 0 nitrogen and oxygen atoms in total. The van der Waals surface area contributed by atoms with Gasteiger partial charge in [-0.05, 0) is 6.42 Å². The molecule has 0 radical (unpaired) electrons. The lowest BCUT2D eigenvalue weighted by Gasteiger charge is -2.43. The van der Waals surface area contributed by atoms with Gasteiger partial charge in [0, 0.05) is 10.3 Å². The average Bonchev–Trinajstić information content (AvgIpc) is 2.73. The molecule has 0 amide bonds. The van der Waals surface area contributed by atoms with Gasteiger partial charge in [-0.3, -0.25) is 0 Å². The van der Waals surface area contributed by atoms with Crippen molar-refractivity contribution in [2.24, 2.45) is 0 Å². The van der Waals surface area contributed by atoms with Crippen LogP contribution >= 0.6 is 22.6 Å². The smallest absolute Gasteiger partial charge is 0.200 e. The van der Waals surface area contributed by atoms with Gasteiger partial charge in [-0.1, -0.05) is 80.9 Å². The van der Waals surface area contributed by atoms with Crippen LogP contribution in [0.15, 0.2) is 0 Å². The molecule has 0 fully saturated rings. The quantitative estimate of drug-likeness (QED) is 0.0609. The topological polar surface area (TPSA) is 0 Å². The van der Waals surface area contributed by atoms with E-state index >= 15 is 0 Å². The summed E-state index contributed by atoms with van der Waals surface area (Å²) in [5.41, 5.74) is 0. The summed E-state index contributed by atoms with van der Waals surface area (Å²) in [4.78, 5) is 0. The Bertz CT molecular complexity index is 730. The van der Waals surface area contributed by atoms with Gasteiger partial charge in [0.05, 0.1) is 0 Å². The Labute approximate surface area is 220 Å². The SMILES string of the molecule is CCCCCCCCCCC(I)CC(F)(F)C(F)(F)C(F)(F)C(F)(F)C(F)(F)C(F)(F)C(F)(F)C(F)(F)F. The van der Waals surface area contributed by atoms with E-state index in [0.717, 1.165) is 54.7 Å². The van der Waals surface area contributed by atoms with Gasteiger partial charge in [-0.2, -0.15) is 74.6 Å². The summed E-state index contributed by atoms with van der Waals surface area (Å²) in [6.07, 6.45) is -5.03. The normalized spacial score (nSPS) is 16.2. The molecule has 38 heavy (non-hydrogen) atoms. The van der Waals surface area contributed by atoms with Crippen LogP contribution in [0.1, 0.15) is 71.1 Å². The fourth-order valence-electron chi connectivity index (χ4n) is 3.20. The van der Waals surface area contributed by atoms with Gasteiger partial charge in [0.15, 0.2) is 0 Å². The first kappa shape index (κ1) is 37.5. The van der Waals surface area contributed by atoms with Crippen LogP contribution in [0.2, 0.25) is 0 Å². The van der Waals surface area contributed by atoms with Crippen LogP contribution in [-0.2, 0) is 0 Å². The zero-order valence-corrected chi connectivity index (χ0v) is 21.6. The predicted octanol–water partition coefficient (Wildman–Crippen LogP) is 10.7.